The van der Waals surface area contributed by atoms with Gasteiger partial charge in [0.25, 0.3) is 0 Å². The summed E-state index contributed by atoms with van der Waals surface area (Å²) in [5.41, 5.74) is 8.41. The number of nitrogens with two attached hydrogens (primary N) is 1. The summed E-state index contributed by atoms with van der Waals surface area (Å²) in [6, 6.07) is 9.08. The van der Waals surface area contributed by atoms with Gasteiger partial charge in [-0.25, -0.2) is 0 Å². The molecule has 1 heterocycles. The van der Waals surface area contributed by atoms with E-state index in [1.807, 2.05) is 0 Å². The fourth-order valence-electron chi connectivity index (χ4n) is 2.04. The fourth-order valence-corrected chi connectivity index (χ4v) is 2.04. The molecule has 0 radical (unpaired) electrons. The van der Waals surface area contributed by atoms with E-state index in [0.717, 1.165) is 26.3 Å². The van der Waals surface area contributed by atoms with Crippen LogP contribution in [0.2, 0.25) is 0 Å². The van der Waals surface area contributed by atoms with Crippen molar-refractivity contribution in [2.75, 3.05) is 26.3 Å². The van der Waals surface area contributed by atoms with Crippen molar-refractivity contribution in [3.8, 4) is 0 Å². The maximum atomic E-state index is 5.75. The Morgan fingerprint density at radius 1 is 1.38 bits per heavy atom. The quantitative estimate of drug-likeness (QED) is 0.830. The molecule has 16 heavy (non-hydrogen) atoms. The second-order valence-corrected chi connectivity index (χ2v) is 4.42. The zero-order chi connectivity index (χ0) is 11.4. The summed E-state index contributed by atoms with van der Waals surface area (Å²) in [5, 5.41) is 0. The molecule has 0 aliphatic carbocycles. The number of nitrogens with zero attached hydrogens (tertiary/aromatic N) is 1. The lowest BCUT2D eigenvalue weighted by Gasteiger charge is -2.34. The van der Waals surface area contributed by atoms with E-state index in [4.69, 9.17) is 10.5 Å². The molecule has 0 bridgehead atoms. The second-order valence-electron chi connectivity index (χ2n) is 4.42. The van der Waals surface area contributed by atoms with E-state index < -0.39 is 0 Å². The molecule has 1 aliphatic heterocycles. The fraction of sp³-hybridized carbons (Fsp3) is 0.538. The van der Waals surface area contributed by atoms with Crippen molar-refractivity contribution in [2.45, 2.75) is 19.5 Å². The summed E-state index contributed by atoms with van der Waals surface area (Å²) in [7, 11) is 0. The largest absolute Gasteiger partial charge is 0.378 e. The molecular formula is C13H20N2O. The van der Waals surface area contributed by atoms with Crippen molar-refractivity contribution in [3.05, 3.63) is 35.4 Å². The van der Waals surface area contributed by atoms with E-state index in [-0.39, 0.29) is 0 Å². The van der Waals surface area contributed by atoms with Gasteiger partial charge >= 0.3 is 0 Å². The van der Waals surface area contributed by atoms with Crippen LogP contribution in [0.25, 0.3) is 0 Å². The van der Waals surface area contributed by atoms with E-state index in [9.17, 15) is 0 Å². The molecule has 1 aromatic rings. The molecule has 0 aromatic heterocycles. The normalized spacial score (nSPS) is 22.2. The predicted octanol–water partition coefficient (Wildman–Crippen LogP) is 1.15. The predicted molar refractivity (Wildman–Crippen MR) is 65.3 cm³/mol. The highest BCUT2D eigenvalue weighted by Gasteiger charge is 2.21. The minimum atomic E-state index is 0.370. The molecule has 0 saturated carbocycles. The van der Waals surface area contributed by atoms with Gasteiger partial charge in [0, 0.05) is 25.7 Å². The Hall–Kier alpha value is -0.900. The molecule has 1 fully saturated rings. The van der Waals surface area contributed by atoms with Crippen molar-refractivity contribution < 1.29 is 4.74 Å². The number of aryl methyl sites for hydroxylation is 1. The Morgan fingerprint density at radius 3 is 2.81 bits per heavy atom. The number of benzene rings is 1. The maximum Gasteiger partial charge on any atom is 0.0634 e. The van der Waals surface area contributed by atoms with Crippen LogP contribution >= 0.6 is 0 Å². The molecule has 1 saturated heterocycles. The minimum Gasteiger partial charge on any atom is -0.378 e. The molecular weight excluding hydrogens is 200 g/mol. The monoisotopic (exact) mass is 220 g/mol. The van der Waals surface area contributed by atoms with Crippen LogP contribution in [-0.2, 0) is 11.3 Å². The Kier molecular flexibility index (Phi) is 3.93. The molecule has 1 aromatic carbocycles. The first-order valence-electron chi connectivity index (χ1n) is 5.87. The number of ether oxygens (including phenoxy) is 1. The van der Waals surface area contributed by atoms with Crippen molar-refractivity contribution in [1.82, 2.24) is 4.90 Å². The SMILES string of the molecule is Cc1ccc(CN2CCOCC2CN)cc1. The van der Waals surface area contributed by atoms with E-state index in [0.29, 0.717) is 12.6 Å². The third kappa shape index (κ3) is 2.82. The highest BCUT2D eigenvalue weighted by atomic mass is 16.5. The van der Waals surface area contributed by atoms with Crippen LogP contribution in [0.5, 0.6) is 0 Å². The third-order valence-electron chi connectivity index (χ3n) is 3.13. The van der Waals surface area contributed by atoms with Gasteiger partial charge in [-0.1, -0.05) is 29.8 Å². The maximum absolute atomic E-state index is 5.75. The minimum absolute atomic E-state index is 0.370. The van der Waals surface area contributed by atoms with Gasteiger partial charge in [0.05, 0.1) is 13.2 Å². The number of rotatable bonds is 3. The summed E-state index contributed by atoms with van der Waals surface area (Å²) in [4.78, 5) is 2.41. The lowest BCUT2D eigenvalue weighted by Crippen LogP contribution is -2.48. The first-order valence-corrected chi connectivity index (χ1v) is 5.87. The van der Waals surface area contributed by atoms with E-state index in [2.05, 4.69) is 36.1 Å². The molecule has 3 heteroatoms. The molecule has 2 rings (SSSR count). The molecule has 1 unspecified atom stereocenters. The van der Waals surface area contributed by atoms with E-state index in [1.54, 1.807) is 0 Å². The number of hydrogen-bond donors (Lipinski definition) is 1. The van der Waals surface area contributed by atoms with Gasteiger partial charge in [-0.15, -0.1) is 0 Å². The number of hydrogen-bond acceptors (Lipinski definition) is 3. The van der Waals surface area contributed by atoms with Crippen molar-refractivity contribution in [3.63, 3.8) is 0 Å². The van der Waals surface area contributed by atoms with E-state index in [1.165, 1.54) is 11.1 Å². The van der Waals surface area contributed by atoms with Crippen LogP contribution < -0.4 is 5.73 Å². The molecule has 88 valence electrons. The van der Waals surface area contributed by atoms with Crippen LogP contribution in [-0.4, -0.2) is 37.2 Å². The molecule has 1 atom stereocenters. The smallest absolute Gasteiger partial charge is 0.0634 e. The van der Waals surface area contributed by atoms with Gasteiger partial charge in [0.2, 0.25) is 0 Å². The van der Waals surface area contributed by atoms with Gasteiger partial charge < -0.3 is 10.5 Å². The van der Waals surface area contributed by atoms with E-state index >= 15 is 0 Å². The van der Waals surface area contributed by atoms with Crippen molar-refractivity contribution in [1.29, 1.82) is 0 Å². The highest BCUT2D eigenvalue weighted by Crippen LogP contribution is 2.12. The lowest BCUT2D eigenvalue weighted by molar-refractivity contribution is -0.00792. The van der Waals surface area contributed by atoms with Gasteiger partial charge in [-0.2, -0.15) is 0 Å². The Morgan fingerprint density at radius 2 is 2.12 bits per heavy atom. The van der Waals surface area contributed by atoms with Crippen molar-refractivity contribution in [2.24, 2.45) is 5.73 Å². The Bertz CT molecular complexity index is 323. The van der Waals surface area contributed by atoms with Crippen molar-refractivity contribution >= 4 is 0 Å². The van der Waals surface area contributed by atoms with Gasteiger partial charge in [0.15, 0.2) is 0 Å². The van der Waals surface area contributed by atoms with Crippen LogP contribution in [0.1, 0.15) is 11.1 Å². The molecule has 0 spiro atoms. The molecule has 2 N–H and O–H groups in total. The zero-order valence-corrected chi connectivity index (χ0v) is 9.86. The van der Waals surface area contributed by atoms with Gasteiger partial charge in [-0.05, 0) is 12.5 Å². The number of morpholine rings is 1. The molecule has 3 nitrogen and oxygen atoms in total. The van der Waals surface area contributed by atoms with Crippen LogP contribution in [0.15, 0.2) is 24.3 Å². The molecule has 1 aliphatic rings. The van der Waals surface area contributed by atoms with Gasteiger partial charge in [-0.3, -0.25) is 4.90 Å². The zero-order valence-electron chi connectivity index (χ0n) is 9.86. The first kappa shape index (κ1) is 11.6. The second kappa shape index (κ2) is 5.43. The topological polar surface area (TPSA) is 38.5 Å². The standard InChI is InChI=1S/C13H20N2O/c1-11-2-4-12(5-3-11)9-15-6-7-16-10-13(15)8-14/h2-5,13H,6-10,14H2,1H3. The highest BCUT2D eigenvalue weighted by molar-refractivity contribution is 5.21. The van der Waals surface area contributed by atoms with Crippen LogP contribution in [0.4, 0.5) is 0 Å². The van der Waals surface area contributed by atoms with Crippen LogP contribution in [0, 0.1) is 6.92 Å². The average Bonchev–Trinajstić information content (AvgIpc) is 2.33. The van der Waals surface area contributed by atoms with Crippen LogP contribution in [0.3, 0.4) is 0 Å². The lowest BCUT2D eigenvalue weighted by atomic mass is 10.1. The molecule has 0 amide bonds. The average molecular weight is 220 g/mol. The Labute approximate surface area is 97.2 Å². The Balaban J connectivity index is 1.99. The third-order valence-corrected chi connectivity index (χ3v) is 3.13. The summed E-state index contributed by atoms with van der Waals surface area (Å²) in [6.07, 6.45) is 0. The summed E-state index contributed by atoms with van der Waals surface area (Å²) in [5.74, 6) is 0. The summed E-state index contributed by atoms with van der Waals surface area (Å²) >= 11 is 0. The summed E-state index contributed by atoms with van der Waals surface area (Å²) in [6.45, 7) is 6.33. The summed E-state index contributed by atoms with van der Waals surface area (Å²) < 4.78 is 5.44. The van der Waals surface area contributed by atoms with Gasteiger partial charge in [0.1, 0.15) is 0 Å². The first-order chi connectivity index (χ1) is 7.79.